The van der Waals surface area contributed by atoms with Gasteiger partial charge in [0, 0.05) is 5.75 Å². The molecule has 0 rings (SSSR count). The van der Waals surface area contributed by atoms with Crippen LogP contribution in [-0.2, 0) is 9.53 Å². The van der Waals surface area contributed by atoms with Crippen LogP contribution in [0.15, 0.2) is 0 Å². The molecule has 0 aromatic heterocycles. The normalized spacial score (nSPS) is 9.64. The Morgan fingerprint density at radius 3 is 2.91 bits per heavy atom. The summed E-state index contributed by atoms with van der Waals surface area (Å²) in [7, 11) is 0. The Bertz CT molecular complexity index is 109. The maximum absolute atomic E-state index is 10.8. The molecule has 0 aliphatic carbocycles. The van der Waals surface area contributed by atoms with Crippen LogP contribution in [0.5, 0.6) is 0 Å². The van der Waals surface area contributed by atoms with Gasteiger partial charge in [-0.15, -0.1) is 0 Å². The van der Waals surface area contributed by atoms with E-state index < -0.39 is 0 Å². The van der Waals surface area contributed by atoms with Crippen molar-refractivity contribution < 1.29 is 9.53 Å². The highest BCUT2D eigenvalue weighted by Gasteiger charge is 2.00. The zero-order chi connectivity index (χ0) is 8.53. The molecule has 0 aromatic rings. The fourth-order valence-corrected chi connectivity index (χ4v) is 0.829. The molecule has 11 heavy (non-hydrogen) atoms. The first-order valence-electron chi connectivity index (χ1n) is 3.78. The van der Waals surface area contributed by atoms with E-state index in [1.165, 1.54) is 11.9 Å². The van der Waals surface area contributed by atoms with Crippen LogP contribution in [0.4, 0.5) is 0 Å². The molecule has 2 N–H and O–H groups in total. The predicted octanol–water partition coefficient (Wildman–Crippen LogP) is 1.33. The molecule has 0 atom stereocenters. The van der Waals surface area contributed by atoms with E-state index in [-0.39, 0.29) is 5.97 Å². The molecule has 0 aromatic carbocycles. The first kappa shape index (κ1) is 10.8. The van der Waals surface area contributed by atoms with Gasteiger partial charge in [-0.1, -0.05) is 25.3 Å². The molecule has 3 nitrogen and oxygen atoms in total. The smallest absolute Gasteiger partial charge is 0.306 e. The molecular weight excluding hydrogens is 162 g/mol. The quantitative estimate of drug-likeness (QED) is 0.378. The molecule has 0 aliphatic rings. The molecule has 4 heteroatoms. The lowest BCUT2D eigenvalue weighted by atomic mass is 10.4. The molecule has 0 fully saturated rings. The van der Waals surface area contributed by atoms with Gasteiger partial charge in [0.15, 0.2) is 0 Å². The van der Waals surface area contributed by atoms with Gasteiger partial charge in [-0.25, -0.2) is 0 Å². The number of esters is 1. The second-order valence-corrected chi connectivity index (χ2v) is 2.94. The lowest BCUT2D eigenvalue weighted by Crippen LogP contribution is -2.07. The van der Waals surface area contributed by atoms with Crippen LogP contribution < -0.4 is 5.14 Å². The molecule has 66 valence electrons. The minimum atomic E-state index is -0.142. The first-order valence-corrected chi connectivity index (χ1v) is 4.83. The Morgan fingerprint density at radius 2 is 2.36 bits per heavy atom. The van der Waals surface area contributed by atoms with E-state index in [0.717, 1.165) is 12.8 Å². The second kappa shape index (κ2) is 7.88. The minimum absolute atomic E-state index is 0.142. The fourth-order valence-electron chi connectivity index (χ4n) is 0.545. The summed E-state index contributed by atoms with van der Waals surface area (Å²) in [5, 5.41) is 5.14. The zero-order valence-corrected chi connectivity index (χ0v) is 7.65. The fraction of sp³-hybridized carbons (Fsp3) is 0.857. The van der Waals surface area contributed by atoms with Crippen LogP contribution in [0.1, 0.15) is 26.2 Å². The van der Waals surface area contributed by atoms with Gasteiger partial charge in [-0.05, 0) is 6.42 Å². The third kappa shape index (κ3) is 7.68. The van der Waals surface area contributed by atoms with Crippen molar-refractivity contribution in [3.05, 3.63) is 0 Å². The number of nitrogens with two attached hydrogens (primary N) is 1. The van der Waals surface area contributed by atoms with Crippen LogP contribution in [-0.4, -0.2) is 18.3 Å². The summed E-state index contributed by atoms with van der Waals surface area (Å²) in [5.74, 6) is 0.502. The standard InChI is InChI=1S/C7H15NO2S/c1-2-3-5-10-7(9)4-6-11-8/h2-6,8H2,1H3. The van der Waals surface area contributed by atoms with Crippen LogP contribution in [0.25, 0.3) is 0 Å². The molecule has 0 saturated heterocycles. The summed E-state index contributed by atoms with van der Waals surface area (Å²) >= 11 is 1.17. The maximum Gasteiger partial charge on any atom is 0.306 e. The third-order valence-corrected chi connectivity index (χ3v) is 1.62. The van der Waals surface area contributed by atoms with Crippen LogP contribution >= 0.6 is 11.9 Å². The molecular formula is C7H15NO2S. The highest BCUT2D eigenvalue weighted by atomic mass is 32.2. The number of ether oxygens (including phenoxy) is 1. The summed E-state index contributed by atoms with van der Waals surface area (Å²) in [6.07, 6.45) is 2.42. The molecule has 0 aliphatic heterocycles. The van der Waals surface area contributed by atoms with E-state index in [1.807, 2.05) is 0 Å². The molecule has 0 spiro atoms. The lowest BCUT2D eigenvalue weighted by Gasteiger charge is -2.01. The summed E-state index contributed by atoms with van der Waals surface area (Å²) in [6, 6.07) is 0. The van der Waals surface area contributed by atoms with Crippen molar-refractivity contribution >= 4 is 17.9 Å². The van der Waals surface area contributed by atoms with Crippen molar-refractivity contribution in [1.29, 1.82) is 0 Å². The van der Waals surface area contributed by atoms with Gasteiger partial charge in [-0.3, -0.25) is 9.93 Å². The van der Waals surface area contributed by atoms with Crippen LogP contribution in [0.2, 0.25) is 0 Å². The summed E-state index contributed by atoms with van der Waals surface area (Å²) in [5.41, 5.74) is 0. The van der Waals surface area contributed by atoms with Gasteiger partial charge < -0.3 is 4.74 Å². The molecule has 0 heterocycles. The molecule has 0 radical (unpaired) electrons. The van der Waals surface area contributed by atoms with Gasteiger partial charge in [0.05, 0.1) is 13.0 Å². The number of rotatable bonds is 6. The van der Waals surface area contributed by atoms with Gasteiger partial charge >= 0.3 is 5.97 Å². The van der Waals surface area contributed by atoms with Crippen molar-refractivity contribution in [2.45, 2.75) is 26.2 Å². The minimum Gasteiger partial charge on any atom is -0.466 e. The number of unbranched alkanes of at least 4 members (excludes halogenated alkanes) is 1. The highest BCUT2D eigenvalue weighted by molar-refractivity contribution is 7.97. The zero-order valence-electron chi connectivity index (χ0n) is 6.84. The average molecular weight is 177 g/mol. The lowest BCUT2D eigenvalue weighted by molar-refractivity contribution is -0.143. The van der Waals surface area contributed by atoms with E-state index in [1.54, 1.807) is 0 Å². The Kier molecular flexibility index (Phi) is 7.72. The topological polar surface area (TPSA) is 52.3 Å². The third-order valence-electron chi connectivity index (χ3n) is 1.18. The second-order valence-electron chi connectivity index (χ2n) is 2.19. The number of carbonyl (C=O) groups excluding carboxylic acids is 1. The summed E-state index contributed by atoms with van der Waals surface area (Å²) in [4.78, 5) is 10.8. The Hall–Kier alpha value is -0.220. The van der Waals surface area contributed by atoms with E-state index >= 15 is 0 Å². The Balaban J connectivity index is 3.09. The van der Waals surface area contributed by atoms with Crippen molar-refractivity contribution in [1.82, 2.24) is 0 Å². The van der Waals surface area contributed by atoms with Crippen molar-refractivity contribution in [2.75, 3.05) is 12.4 Å². The highest BCUT2D eigenvalue weighted by Crippen LogP contribution is 1.95. The monoisotopic (exact) mass is 177 g/mol. The summed E-state index contributed by atoms with van der Waals surface area (Å²) in [6.45, 7) is 2.61. The Morgan fingerprint density at radius 1 is 1.64 bits per heavy atom. The summed E-state index contributed by atoms with van der Waals surface area (Å²) < 4.78 is 4.88. The molecule has 0 bridgehead atoms. The number of hydrogen-bond acceptors (Lipinski definition) is 4. The van der Waals surface area contributed by atoms with Gasteiger partial charge in [0.1, 0.15) is 0 Å². The number of carbonyl (C=O) groups is 1. The van der Waals surface area contributed by atoms with E-state index in [0.29, 0.717) is 18.8 Å². The van der Waals surface area contributed by atoms with E-state index in [4.69, 9.17) is 9.88 Å². The molecule has 0 saturated carbocycles. The van der Waals surface area contributed by atoms with Crippen molar-refractivity contribution in [3.63, 3.8) is 0 Å². The predicted molar refractivity (Wildman–Crippen MR) is 47.1 cm³/mol. The average Bonchev–Trinajstić information content (AvgIpc) is 2.01. The molecule has 0 amide bonds. The van der Waals surface area contributed by atoms with Crippen molar-refractivity contribution in [3.8, 4) is 0 Å². The van der Waals surface area contributed by atoms with Gasteiger partial charge in [0.2, 0.25) is 0 Å². The van der Waals surface area contributed by atoms with E-state index in [2.05, 4.69) is 6.92 Å². The largest absolute Gasteiger partial charge is 0.466 e. The van der Waals surface area contributed by atoms with Gasteiger partial charge in [0.25, 0.3) is 0 Å². The Labute approximate surface area is 71.8 Å². The molecule has 0 unspecified atom stereocenters. The number of hydrogen-bond donors (Lipinski definition) is 1. The SMILES string of the molecule is CCCCOC(=O)CCSN. The van der Waals surface area contributed by atoms with Gasteiger partial charge in [-0.2, -0.15) is 0 Å². The van der Waals surface area contributed by atoms with Crippen molar-refractivity contribution in [2.24, 2.45) is 5.14 Å². The van der Waals surface area contributed by atoms with Crippen LogP contribution in [0.3, 0.4) is 0 Å². The maximum atomic E-state index is 10.8. The van der Waals surface area contributed by atoms with E-state index in [9.17, 15) is 4.79 Å². The van der Waals surface area contributed by atoms with Crippen LogP contribution in [0, 0.1) is 0 Å². The first-order chi connectivity index (χ1) is 5.31.